The number of carbonyl (C=O) groups is 1. The van der Waals surface area contributed by atoms with Crippen molar-refractivity contribution in [2.24, 2.45) is 28.6 Å². The number of allylic oxidation sites excluding steroid dienone is 3. The van der Waals surface area contributed by atoms with E-state index in [-0.39, 0.29) is 29.0 Å². The van der Waals surface area contributed by atoms with Gasteiger partial charge in [-0.1, -0.05) is 44.7 Å². The Hall–Kier alpha value is -1.16. The lowest BCUT2D eigenvalue weighted by molar-refractivity contribution is -0.156. The second kappa shape index (κ2) is 5.68. The maximum atomic E-state index is 12.3. The normalized spacial score (nSPS) is 49.0. The van der Waals surface area contributed by atoms with Crippen molar-refractivity contribution in [1.29, 1.82) is 0 Å². The largest absolute Gasteiger partial charge is 0.384 e. The van der Waals surface area contributed by atoms with Gasteiger partial charge >= 0.3 is 0 Å². The number of hydrogen-bond donors (Lipinski definition) is 2. The number of halogens is 1. The third-order valence-electron chi connectivity index (χ3n) is 8.66. The number of hydrogen-bond acceptors (Lipinski definition) is 3. The average Bonchev–Trinajstić information content (AvgIpc) is 2.89. The van der Waals surface area contributed by atoms with Gasteiger partial charge in [0.2, 0.25) is 0 Å². The van der Waals surface area contributed by atoms with Crippen molar-refractivity contribution >= 4 is 17.4 Å². The first-order chi connectivity index (χ1) is 12.5. The average molecular weight is 389 g/mol. The van der Waals surface area contributed by atoms with Gasteiger partial charge in [-0.2, -0.15) is 0 Å². The summed E-state index contributed by atoms with van der Waals surface area (Å²) in [6.45, 7) is 14.1. The molecule has 4 rings (SSSR count). The van der Waals surface area contributed by atoms with Crippen molar-refractivity contribution in [3.05, 3.63) is 47.1 Å². The smallest absolute Gasteiger partial charge is 0.161 e. The van der Waals surface area contributed by atoms with Gasteiger partial charge < -0.3 is 10.2 Å². The standard InChI is InChI=1S/C23H29ClO3/c1-12-13(2)22(5)17-6-8-21(4)16(7-9-23(21,27)14(3)25)15(17)10-19(24)18(22)11-20(12)26/h10-11,15-17,20,26-27H,1-2,6-9H2,3-5H3/t15-,16-,17-,20?,21-,22+,23-/m0/s1. The van der Waals surface area contributed by atoms with Gasteiger partial charge in [0.25, 0.3) is 0 Å². The minimum absolute atomic E-state index is 0.123. The molecule has 0 aromatic rings. The van der Waals surface area contributed by atoms with Crippen molar-refractivity contribution in [2.75, 3.05) is 0 Å². The Morgan fingerprint density at radius 3 is 2.44 bits per heavy atom. The van der Waals surface area contributed by atoms with Gasteiger partial charge in [0, 0.05) is 15.9 Å². The van der Waals surface area contributed by atoms with Crippen LogP contribution in [0.1, 0.15) is 46.5 Å². The minimum Gasteiger partial charge on any atom is -0.384 e. The molecule has 0 spiro atoms. The number of ketones is 1. The number of fused-ring (bicyclic) bond motifs is 5. The lowest BCUT2D eigenvalue weighted by Gasteiger charge is -2.58. The third-order valence-corrected chi connectivity index (χ3v) is 8.99. The van der Waals surface area contributed by atoms with E-state index in [1.807, 2.05) is 6.08 Å². The van der Waals surface area contributed by atoms with Crippen LogP contribution in [0.2, 0.25) is 0 Å². The summed E-state index contributed by atoms with van der Waals surface area (Å²) >= 11 is 6.73. The van der Waals surface area contributed by atoms with Gasteiger partial charge in [-0.3, -0.25) is 4.79 Å². The fourth-order valence-electron chi connectivity index (χ4n) is 6.81. The van der Waals surface area contributed by atoms with E-state index >= 15 is 0 Å². The van der Waals surface area contributed by atoms with Crippen LogP contribution in [0.4, 0.5) is 0 Å². The van der Waals surface area contributed by atoms with Crippen LogP contribution in [0.25, 0.3) is 0 Å². The maximum Gasteiger partial charge on any atom is 0.161 e. The highest BCUT2D eigenvalue weighted by molar-refractivity contribution is 6.32. The van der Waals surface area contributed by atoms with E-state index < -0.39 is 17.1 Å². The summed E-state index contributed by atoms with van der Waals surface area (Å²) in [5, 5.41) is 22.2. The maximum absolute atomic E-state index is 12.3. The summed E-state index contributed by atoms with van der Waals surface area (Å²) in [6.07, 6.45) is 6.20. The number of carbonyl (C=O) groups excluding carboxylic acids is 1. The number of aliphatic hydroxyl groups excluding tert-OH is 1. The number of aliphatic hydroxyl groups is 2. The zero-order chi connectivity index (χ0) is 19.9. The minimum atomic E-state index is -1.25. The number of rotatable bonds is 1. The Balaban J connectivity index is 1.84. The highest BCUT2D eigenvalue weighted by Gasteiger charge is 2.65. The molecule has 27 heavy (non-hydrogen) atoms. The van der Waals surface area contributed by atoms with Crippen molar-refractivity contribution in [1.82, 2.24) is 0 Å². The van der Waals surface area contributed by atoms with E-state index in [2.05, 4.69) is 33.1 Å². The van der Waals surface area contributed by atoms with Crippen LogP contribution in [0.15, 0.2) is 47.1 Å². The Morgan fingerprint density at radius 1 is 1.19 bits per heavy atom. The first-order valence-corrected chi connectivity index (χ1v) is 10.3. The second-order valence-electron chi connectivity index (χ2n) is 9.45. The van der Waals surface area contributed by atoms with Crippen molar-refractivity contribution in [2.45, 2.75) is 58.2 Å². The highest BCUT2D eigenvalue weighted by atomic mass is 35.5. The monoisotopic (exact) mass is 388 g/mol. The van der Waals surface area contributed by atoms with Crippen LogP contribution in [-0.2, 0) is 4.79 Å². The number of Topliss-reactive ketones (excluding diaryl/α,β-unsaturated/α-hetero) is 1. The highest BCUT2D eigenvalue weighted by Crippen LogP contribution is 2.68. The second-order valence-corrected chi connectivity index (χ2v) is 9.85. The van der Waals surface area contributed by atoms with E-state index in [1.54, 1.807) is 0 Å². The van der Waals surface area contributed by atoms with Crippen LogP contribution in [0.3, 0.4) is 0 Å². The molecule has 0 bridgehead atoms. The molecule has 4 aliphatic rings. The van der Waals surface area contributed by atoms with Crippen LogP contribution in [0, 0.1) is 28.6 Å². The lowest BCUT2D eigenvalue weighted by Crippen LogP contribution is -2.57. The molecule has 0 aromatic carbocycles. The lowest BCUT2D eigenvalue weighted by atomic mass is 9.46. The molecule has 2 N–H and O–H groups in total. The molecule has 7 atom stereocenters. The molecular formula is C23H29ClO3. The zero-order valence-corrected chi connectivity index (χ0v) is 17.1. The topological polar surface area (TPSA) is 57.5 Å². The van der Waals surface area contributed by atoms with E-state index in [1.165, 1.54) is 6.92 Å². The SMILES string of the molecule is C=C1C(=C)[C@@]2(C)C(=CC1O)C(Cl)=C[C@@H]1[C@@H]2CC[C@@]2(C)[C@H]1CC[C@]2(O)C(C)=O. The molecule has 0 radical (unpaired) electrons. The first-order valence-electron chi connectivity index (χ1n) is 9.88. The van der Waals surface area contributed by atoms with Crippen LogP contribution >= 0.6 is 11.6 Å². The van der Waals surface area contributed by atoms with Gasteiger partial charge in [-0.05, 0) is 73.2 Å². The van der Waals surface area contributed by atoms with Gasteiger partial charge in [-0.25, -0.2) is 0 Å². The van der Waals surface area contributed by atoms with Crippen LogP contribution < -0.4 is 0 Å². The molecule has 0 amide bonds. The molecular weight excluding hydrogens is 360 g/mol. The molecule has 1 unspecified atom stereocenters. The molecule has 2 fully saturated rings. The molecule has 0 aromatic heterocycles. The summed E-state index contributed by atoms with van der Waals surface area (Å²) in [5.41, 5.74) is 0.411. The van der Waals surface area contributed by atoms with E-state index in [0.29, 0.717) is 17.0 Å². The predicted octanol–water partition coefficient (Wildman–Crippen LogP) is 4.30. The van der Waals surface area contributed by atoms with Crippen LogP contribution in [0.5, 0.6) is 0 Å². The van der Waals surface area contributed by atoms with Gasteiger partial charge in [-0.15, -0.1) is 0 Å². The van der Waals surface area contributed by atoms with Gasteiger partial charge in [0.05, 0.1) is 6.10 Å². The first kappa shape index (κ1) is 19.2. The fraction of sp³-hybridized carbons (Fsp3) is 0.609. The molecule has 0 aliphatic heterocycles. The predicted molar refractivity (Wildman–Crippen MR) is 107 cm³/mol. The van der Waals surface area contributed by atoms with Crippen LogP contribution in [-0.4, -0.2) is 27.7 Å². The molecule has 2 saturated carbocycles. The van der Waals surface area contributed by atoms with E-state index in [0.717, 1.165) is 30.4 Å². The third kappa shape index (κ3) is 2.14. The molecule has 4 heteroatoms. The van der Waals surface area contributed by atoms with Gasteiger partial charge in [0.15, 0.2) is 5.78 Å². The zero-order valence-electron chi connectivity index (χ0n) is 16.4. The molecule has 3 nitrogen and oxygen atoms in total. The van der Waals surface area contributed by atoms with Crippen molar-refractivity contribution in [3.63, 3.8) is 0 Å². The summed E-state index contributed by atoms with van der Waals surface area (Å²) in [5.74, 6) is 0.523. The molecule has 0 saturated heterocycles. The Bertz CT molecular complexity index is 823. The Labute approximate surface area is 166 Å². The van der Waals surface area contributed by atoms with Gasteiger partial charge in [0.1, 0.15) is 5.60 Å². The molecule has 146 valence electrons. The van der Waals surface area contributed by atoms with E-state index in [9.17, 15) is 15.0 Å². The Kier molecular flexibility index (Phi) is 4.04. The molecule has 4 aliphatic carbocycles. The fourth-order valence-corrected chi connectivity index (χ4v) is 7.22. The molecule has 0 heterocycles. The summed E-state index contributed by atoms with van der Waals surface area (Å²) < 4.78 is 0. The van der Waals surface area contributed by atoms with E-state index in [4.69, 9.17) is 11.6 Å². The van der Waals surface area contributed by atoms with Crippen molar-refractivity contribution in [3.8, 4) is 0 Å². The summed E-state index contributed by atoms with van der Waals surface area (Å²) in [4.78, 5) is 12.3. The van der Waals surface area contributed by atoms with Crippen molar-refractivity contribution < 1.29 is 15.0 Å². The quantitative estimate of drug-likeness (QED) is 0.703. The Morgan fingerprint density at radius 2 is 1.81 bits per heavy atom. The summed E-state index contributed by atoms with van der Waals surface area (Å²) in [6, 6.07) is 0. The summed E-state index contributed by atoms with van der Waals surface area (Å²) in [7, 11) is 0.